The molecule has 0 bridgehead atoms. The van der Waals surface area contributed by atoms with Gasteiger partial charge < -0.3 is 29.3 Å². The molecule has 1 unspecified atom stereocenters. The average Bonchev–Trinajstić information content (AvgIpc) is 3.33. The number of hydrogen-bond acceptors (Lipinski definition) is 8. The SMILES string of the molecule is C=C(C)CC=O.CCCN1CCC(S(C)(=O)=O)c2cc3c(cc2C1=O)N(c1ncc(F)cc1F)Cc1c[nH]c2c(=O)n(C)cc-3c12.CO. The van der Waals surface area contributed by atoms with Crippen LogP contribution in [-0.4, -0.2) is 71.6 Å². The summed E-state index contributed by atoms with van der Waals surface area (Å²) in [5, 5.41) is 6.67. The van der Waals surface area contributed by atoms with Crippen molar-refractivity contribution < 1.29 is 31.9 Å². The van der Waals surface area contributed by atoms with Gasteiger partial charge in [-0.1, -0.05) is 19.1 Å². The molecular weight excluding hydrogens is 644 g/mol. The van der Waals surface area contributed by atoms with Crippen molar-refractivity contribution in [2.75, 3.05) is 31.4 Å². The molecule has 11 nitrogen and oxygen atoms in total. The van der Waals surface area contributed by atoms with E-state index in [0.717, 1.165) is 37.5 Å². The maximum Gasteiger partial charge on any atom is 0.274 e. The van der Waals surface area contributed by atoms with Crippen molar-refractivity contribution in [3.63, 3.8) is 0 Å². The van der Waals surface area contributed by atoms with Crippen molar-refractivity contribution in [2.45, 2.75) is 44.9 Å². The minimum atomic E-state index is -3.62. The highest BCUT2D eigenvalue weighted by atomic mass is 32.2. The summed E-state index contributed by atoms with van der Waals surface area (Å²) in [6.45, 7) is 8.07. The van der Waals surface area contributed by atoms with E-state index in [0.29, 0.717) is 58.2 Å². The number of allylic oxidation sites excluding steroid dienone is 1. The summed E-state index contributed by atoms with van der Waals surface area (Å²) in [5.74, 6) is -2.22. The Morgan fingerprint density at radius 1 is 1.17 bits per heavy atom. The van der Waals surface area contributed by atoms with Gasteiger partial charge in [-0.2, -0.15) is 0 Å². The zero-order valence-electron chi connectivity index (χ0n) is 27.5. The summed E-state index contributed by atoms with van der Waals surface area (Å²) in [4.78, 5) is 46.6. The predicted octanol–water partition coefficient (Wildman–Crippen LogP) is 4.96. The van der Waals surface area contributed by atoms with Crippen LogP contribution in [0.5, 0.6) is 0 Å². The number of fused-ring (bicyclic) bond motifs is 3. The molecule has 5 heterocycles. The molecule has 1 atom stereocenters. The number of aldehydes is 1. The lowest BCUT2D eigenvalue weighted by molar-refractivity contribution is -0.107. The average molecular weight is 684 g/mol. The number of halogens is 2. The smallest absolute Gasteiger partial charge is 0.274 e. The number of carbonyl (C=O) groups is 2. The van der Waals surface area contributed by atoms with Gasteiger partial charge in [0.15, 0.2) is 21.5 Å². The van der Waals surface area contributed by atoms with Crippen LogP contribution in [0.3, 0.4) is 0 Å². The van der Waals surface area contributed by atoms with E-state index in [1.165, 1.54) is 9.47 Å². The quantitative estimate of drug-likeness (QED) is 0.214. The Labute approximate surface area is 277 Å². The molecule has 0 aliphatic carbocycles. The number of aromatic nitrogens is 3. The van der Waals surface area contributed by atoms with Gasteiger partial charge in [0.2, 0.25) is 0 Å². The number of sulfone groups is 1. The monoisotopic (exact) mass is 683 g/mol. The van der Waals surface area contributed by atoms with Crippen molar-refractivity contribution in [2.24, 2.45) is 7.05 Å². The number of rotatable bonds is 6. The molecule has 1 aromatic carbocycles. The highest BCUT2D eigenvalue weighted by molar-refractivity contribution is 7.90. The highest BCUT2D eigenvalue weighted by Crippen LogP contribution is 2.47. The third-order valence-corrected chi connectivity index (χ3v) is 9.70. The Kier molecular flexibility index (Phi) is 11.0. The number of aromatic amines is 1. The van der Waals surface area contributed by atoms with Gasteiger partial charge in [-0.05, 0) is 43.0 Å². The van der Waals surface area contributed by atoms with Crippen molar-refractivity contribution in [3.05, 3.63) is 87.6 Å². The van der Waals surface area contributed by atoms with Gasteiger partial charge in [-0.25, -0.2) is 22.2 Å². The van der Waals surface area contributed by atoms with Crippen LogP contribution in [0.15, 0.2) is 53.7 Å². The zero-order valence-corrected chi connectivity index (χ0v) is 28.3. The Morgan fingerprint density at radius 3 is 2.46 bits per heavy atom. The molecule has 2 aliphatic rings. The van der Waals surface area contributed by atoms with E-state index in [9.17, 15) is 27.2 Å². The normalized spacial score (nSPS) is 15.2. The number of nitrogens with zero attached hydrogens (tertiary/aromatic N) is 4. The van der Waals surface area contributed by atoms with Crippen LogP contribution in [0, 0.1) is 11.6 Å². The molecular formula is C34H39F2N5O6S. The van der Waals surface area contributed by atoms with E-state index in [4.69, 9.17) is 5.11 Å². The van der Waals surface area contributed by atoms with Gasteiger partial charge in [0, 0.05) is 80.5 Å². The van der Waals surface area contributed by atoms with Crippen molar-refractivity contribution in [1.82, 2.24) is 19.4 Å². The fraction of sp³-hybridized carbons (Fsp3) is 0.353. The largest absolute Gasteiger partial charge is 0.400 e. The number of aryl methyl sites for hydroxylation is 1. The van der Waals surface area contributed by atoms with Crippen molar-refractivity contribution >= 4 is 44.4 Å². The lowest BCUT2D eigenvalue weighted by atomic mass is 9.93. The third-order valence-electron chi connectivity index (χ3n) is 8.18. The number of carbonyl (C=O) groups excluding carboxylic acids is 2. The molecule has 48 heavy (non-hydrogen) atoms. The van der Waals surface area contributed by atoms with Crippen LogP contribution in [-0.2, 0) is 28.2 Å². The van der Waals surface area contributed by atoms with Gasteiger partial charge >= 0.3 is 0 Å². The van der Waals surface area contributed by atoms with Crippen LogP contribution < -0.4 is 10.5 Å². The number of amides is 1. The number of H-pyrrole nitrogens is 1. The Hall–Kier alpha value is -4.69. The molecule has 0 saturated carbocycles. The first-order chi connectivity index (χ1) is 22.8. The molecule has 0 spiro atoms. The van der Waals surface area contributed by atoms with E-state index in [2.05, 4.69) is 16.5 Å². The summed E-state index contributed by atoms with van der Waals surface area (Å²) in [6, 6.07) is 4.01. The van der Waals surface area contributed by atoms with Crippen LogP contribution in [0.1, 0.15) is 59.8 Å². The second-order valence-electron chi connectivity index (χ2n) is 11.8. The molecule has 4 aromatic rings. The predicted molar refractivity (Wildman–Crippen MR) is 181 cm³/mol. The summed E-state index contributed by atoms with van der Waals surface area (Å²) in [7, 11) is -1.01. The highest BCUT2D eigenvalue weighted by Gasteiger charge is 2.37. The van der Waals surface area contributed by atoms with Gasteiger partial charge in [0.05, 0.1) is 23.7 Å². The Morgan fingerprint density at radius 2 is 1.88 bits per heavy atom. The van der Waals surface area contributed by atoms with Crippen LogP contribution in [0.4, 0.5) is 20.3 Å². The van der Waals surface area contributed by atoms with Gasteiger partial charge in [-0.15, -0.1) is 0 Å². The molecule has 2 N–H and O–H groups in total. The van der Waals surface area contributed by atoms with Crippen LogP contribution >= 0.6 is 0 Å². The second-order valence-corrected chi connectivity index (χ2v) is 14.0. The lowest BCUT2D eigenvalue weighted by Gasteiger charge is -2.27. The zero-order chi connectivity index (χ0) is 35.5. The number of pyridine rings is 2. The molecule has 0 fully saturated rings. The van der Waals surface area contributed by atoms with E-state index in [1.807, 2.05) is 13.8 Å². The standard InChI is InChI=1S/C28H27F2N5O4S.C5H8O.CH4O/c1-4-6-34-7-5-23(40(3,38)39)18-9-17-20-14-33(2)28(37)25-24(20)15(11-31-25)13-35(22(17)10-19(18)27(34)36)26-21(30)8-16(29)12-32-26;1-5(2)3-4-6;1-2/h8-12,14,23,31H,4-7,13H2,1-3H3;4H,1,3H2,2H3;2H,1H3. The molecule has 14 heteroatoms. The minimum absolute atomic E-state index is 0.0594. The number of nitrogens with one attached hydrogen (secondary N) is 1. The summed E-state index contributed by atoms with van der Waals surface area (Å²) in [5.41, 5.74) is 3.75. The Balaban J connectivity index is 0.000000588. The number of benzene rings is 1. The van der Waals surface area contributed by atoms with E-state index in [-0.39, 0.29) is 42.4 Å². The first kappa shape index (κ1) is 36.2. The van der Waals surface area contributed by atoms with E-state index in [1.54, 1.807) is 36.5 Å². The summed E-state index contributed by atoms with van der Waals surface area (Å²) < 4.78 is 56.6. The Bertz CT molecular complexity index is 2060. The van der Waals surface area contributed by atoms with Crippen molar-refractivity contribution in [1.29, 1.82) is 0 Å². The molecule has 256 valence electrons. The van der Waals surface area contributed by atoms with Crippen LogP contribution in [0.2, 0.25) is 0 Å². The molecule has 6 rings (SSSR count). The van der Waals surface area contributed by atoms with Crippen molar-refractivity contribution in [3.8, 4) is 11.1 Å². The summed E-state index contributed by atoms with van der Waals surface area (Å²) in [6.07, 6.45) is 7.66. The third kappa shape index (κ3) is 6.95. The van der Waals surface area contributed by atoms with Crippen LogP contribution in [0.25, 0.3) is 22.0 Å². The first-order valence-electron chi connectivity index (χ1n) is 15.2. The number of hydrogen-bond donors (Lipinski definition) is 2. The number of anilines is 2. The summed E-state index contributed by atoms with van der Waals surface area (Å²) >= 11 is 0. The van der Waals surface area contributed by atoms with Gasteiger partial charge in [0.1, 0.15) is 17.6 Å². The first-order valence-corrected chi connectivity index (χ1v) is 17.2. The molecule has 2 aliphatic heterocycles. The molecule has 3 aromatic heterocycles. The molecule has 0 saturated heterocycles. The fourth-order valence-corrected chi connectivity index (χ4v) is 7.27. The van der Waals surface area contributed by atoms with E-state index >= 15 is 4.39 Å². The van der Waals surface area contributed by atoms with Gasteiger partial charge in [-0.3, -0.25) is 9.59 Å². The van der Waals surface area contributed by atoms with E-state index < -0.39 is 26.7 Å². The molecule has 1 amide bonds. The minimum Gasteiger partial charge on any atom is -0.400 e. The molecule has 0 radical (unpaired) electrons. The lowest BCUT2D eigenvalue weighted by Crippen LogP contribution is -2.32. The topological polar surface area (TPSA) is 146 Å². The number of aliphatic hydroxyl groups is 1. The van der Waals surface area contributed by atoms with Gasteiger partial charge in [0.25, 0.3) is 11.5 Å². The maximum absolute atomic E-state index is 15.2. The fourth-order valence-electron chi connectivity index (χ4n) is 6.08. The second kappa shape index (κ2) is 14.6. The number of aliphatic hydroxyl groups excluding tert-OH is 1. The maximum atomic E-state index is 15.2.